The van der Waals surface area contributed by atoms with E-state index in [0.717, 1.165) is 64.7 Å². The number of thiazole rings is 1. The predicted octanol–water partition coefficient (Wildman–Crippen LogP) is 2.84. The largest absolute Gasteiger partial charge is 0.379 e. The molecule has 1 aliphatic heterocycles. The molecule has 7 heteroatoms. The van der Waals surface area contributed by atoms with Crippen LogP contribution in [0.4, 0.5) is 0 Å². The van der Waals surface area contributed by atoms with Gasteiger partial charge in [0, 0.05) is 50.2 Å². The maximum Gasteiger partial charge on any atom is 0.191 e. The molecule has 0 bridgehead atoms. The number of aliphatic imine (C=N–C) groups is 1. The van der Waals surface area contributed by atoms with Crippen molar-refractivity contribution >= 4 is 17.3 Å². The Morgan fingerprint density at radius 2 is 1.90 bits per heavy atom. The molecule has 29 heavy (non-hydrogen) atoms. The number of benzene rings is 1. The van der Waals surface area contributed by atoms with E-state index in [0.29, 0.717) is 6.54 Å². The molecule has 1 aromatic carbocycles. The lowest BCUT2D eigenvalue weighted by Crippen LogP contribution is -2.38. The maximum absolute atomic E-state index is 5.42. The zero-order valence-corrected chi connectivity index (χ0v) is 18.4. The Bertz CT molecular complexity index is 753. The fourth-order valence-corrected chi connectivity index (χ4v) is 4.06. The number of hydrogen-bond donors (Lipinski definition) is 2. The molecular formula is C22H33N5OS. The molecule has 0 unspecified atom stereocenters. The Balaban J connectivity index is 1.46. The second-order valence-electron chi connectivity index (χ2n) is 7.15. The monoisotopic (exact) mass is 415 g/mol. The van der Waals surface area contributed by atoms with Crippen molar-refractivity contribution in [1.82, 2.24) is 20.5 Å². The Kier molecular flexibility index (Phi) is 8.92. The maximum atomic E-state index is 5.42. The van der Waals surface area contributed by atoms with Gasteiger partial charge in [0.1, 0.15) is 0 Å². The van der Waals surface area contributed by atoms with Gasteiger partial charge in [-0.25, -0.2) is 9.98 Å². The summed E-state index contributed by atoms with van der Waals surface area (Å²) in [5.74, 6) is 0.858. The standard InChI is InChI=1S/C22H33N5OS/c1-3-20-16-25-21(29-20)9-10-24-22(23-4-2)26-15-18-5-7-19(8-6-18)17-27-11-13-28-14-12-27/h5-8,16H,3-4,9-15,17H2,1-2H3,(H2,23,24,26). The molecule has 158 valence electrons. The summed E-state index contributed by atoms with van der Waals surface area (Å²) in [7, 11) is 0. The summed E-state index contributed by atoms with van der Waals surface area (Å²) in [4.78, 5) is 13.0. The third-order valence-electron chi connectivity index (χ3n) is 4.88. The first-order valence-corrected chi connectivity index (χ1v) is 11.4. The van der Waals surface area contributed by atoms with E-state index in [-0.39, 0.29) is 0 Å². The van der Waals surface area contributed by atoms with Gasteiger partial charge in [-0.1, -0.05) is 31.2 Å². The van der Waals surface area contributed by atoms with Crippen LogP contribution < -0.4 is 10.6 Å². The highest BCUT2D eigenvalue weighted by atomic mass is 32.1. The second-order valence-corrected chi connectivity index (χ2v) is 8.35. The highest BCUT2D eigenvalue weighted by Crippen LogP contribution is 2.13. The SMILES string of the molecule is CCNC(=NCc1ccc(CN2CCOCC2)cc1)NCCc1ncc(CC)s1. The van der Waals surface area contributed by atoms with Gasteiger partial charge in [-0.3, -0.25) is 4.90 Å². The van der Waals surface area contributed by atoms with Gasteiger partial charge in [0.2, 0.25) is 0 Å². The highest BCUT2D eigenvalue weighted by Gasteiger charge is 2.10. The Labute approximate surface area is 178 Å². The van der Waals surface area contributed by atoms with Crippen LogP contribution in [0.3, 0.4) is 0 Å². The molecule has 0 atom stereocenters. The quantitative estimate of drug-likeness (QED) is 0.487. The van der Waals surface area contributed by atoms with E-state index in [2.05, 4.69) is 58.6 Å². The molecule has 0 saturated carbocycles. The number of morpholine rings is 1. The number of aromatic nitrogens is 1. The first kappa shape index (κ1) is 21.7. The lowest BCUT2D eigenvalue weighted by molar-refractivity contribution is 0.0342. The van der Waals surface area contributed by atoms with Crippen molar-refractivity contribution in [2.24, 2.45) is 4.99 Å². The van der Waals surface area contributed by atoms with E-state index >= 15 is 0 Å². The normalized spacial score (nSPS) is 15.4. The molecule has 3 rings (SSSR count). The Morgan fingerprint density at radius 3 is 2.59 bits per heavy atom. The Hall–Kier alpha value is -1.96. The van der Waals surface area contributed by atoms with Gasteiger partial charge in [-0.15, -0.1) is 11.3 Å². The molecule has 2 aromatic rings. The van der Waals surface area contributed by atoms with Crippen LogP contribution in [0.2, 0.25) is 0 Å². The molecule has 2 heterocycles. The van der Waals surface area contributed by atoms with Crippen LogP contribution in [-0.4, -0.2) is 55.2 Å². The summed E-state index contributed by atoms with van der Waals surface area (Å²) in [5, 5.41) is 7.93. The smallest absolute Gasteiger partial charge is 0.191 e. The number of nitrogens with zero attached hydrogens (tertiary/aromatic N) is 3. The molecule has 0 radical (unpaired) electrons. The van der Waals surface area contributed by atoms with Crippen LogP contribution in [-0.2, 0) is 30.7 Å². The molecule has 6 nitrogen and oxygen atoms in total. The molecule has 1 aromatic heterocycles. The van der Waals surface area contributed by atoms with E-state index < -0.39 is 0 Å². The average Bonchev–Trinajstić information content (AvgIpc) is 3.22. The van der Waals surface area contributed by atoms with Gasteiger partial charge in [0.15, 0.2) is 5.96 Å². The van der Waals surface area contributed by atoms with Crippen molar-refractivity contribution < 1.29 is 4.74 Å². The van der Waals surface area contributed by atoms with Crippen LogP contribution in [0.15, 0.2) is 35.5 Å². The second kappa shape index (κ2) is 11.9. The molecule has 1 fully saturated rings. The third-order valence-corrected chi connectivity index (χ3v) is 6.08. The van der Waals surface area contributed by atoms with Crippen LogP contribution in [0.5, 0.6) is 0 Å². The summed E-state index contributed by atoms with van der Waals surface area (Å²) in [5.41, 5.74) is 2.57. The van der Waals surface area contributed by atoms with Gasteiger partial charge in [-0.05, 0) is 24.5 Å². The number of ether oxygens (including phenoxy) is 1. The van der Waals surface area contributed by atoms with Crippen LogP contribution >= 0.6 is 11.3 Å². The van der Waals surface area contributed by atoms with Crippen LogP contribution in [0.1, 0.15) is 34.9 Å². The van der Waals surface area contributed by atoms with E-state index in [1.807, 2.05) is 6.20 Å². The lowest BCUT2D eigenvalue weighted by atomic mass is 10.1. The summed E-state index contributed by atoms with van der Waals surface area (Å²) in [6.07, 6.45) is 3.97. The van der Waals surface area contributed by atoms with Crippen molar-refractivity contribution in [1.29, 1.82) is 0 Å². The summed E-state index contributed by atoms with van der Waals surface area (Å²) >= 11 is 1.80. The first-order valence-electron chi connectivity index (χ1n) is 10.6. The molecular weight excluding hydrogens is 382 g/mol. The van der Waals surface area contributed by atoms with Gasteiger partial charge >= 0.3 is 0 Å². The third kappa shape index (κ3) is 7.42. The van der Waals surface area contributed by atoms with Crippen molar-refractivity contribution in [3.8, 4) is 0 Å². The predicted molar refractivity (Wildman–Crippen MR) is 121 cm³/mol. The van der Waals surface area contributed by atoms with Crippen molar-refractivity contribution in [2.45, 2.75) is 39.8 Å². The number of aryl methyl sites for hydroxylation is 1. The Morgan fingerprint density at radius 1 is 1.14 bits per heavy atom. The minimum Gasteiger partial charge on any atom is -0.379 e. The number of rotatable bonds is 9. The van der Waals surface area contributed by atoms with Gasteiger partial charge in [-0.2, -0.15) is 0 Å². The molecule has 0 spiro atoms. The number of hydrogen-bond acceptors (Lipinski definition) is 5. The lowest BCUT2D eigenvalue weighted by Gasteiger charge is -2.26. The van der Waals surface area contributed by atoms with E-state index in [1.165, 1.54) is 21.0 Å². The van der Waals surface area contributed by atoms with Crippen molar-refractivity contribution in [3.05, 3.63) is 51.5 Å². The van der Waals surface area contributed by atoms with Gasteiger partial charge in [0.05, 0.1) is 24.8 Å². The zero-order valence-electron chi connectivity index (χ0n) is 17.6. The minimum atomic E-state index is 0.671. The summed E-state index contributed by atoms with van der Waals surface area (Å²) < 4.78 is 5.42. The van der Waals surface area contributed by atoms with Crippen molar-refractivity contribution in [2.75, 3.05) is 39.4 Å². The van der Waals surface area contributed by atoms with Gasteiger partial charge in [0.25, 0.3) is 0 Å². The molecule has 2 N–H and O–H groups in total. The summed E-state index contributed by atoms with van der Waals surface area (Å²) in [6.45, 7) is 11.3. The van der Waals surface area contributed by atoms with Crippen LogP contribution in [0.25, 0.3) is 0 Å². The molecule has 1 saturated heterocycles. The van der Waals surface area contributed by atoms with E-state index in [1.54, 1.807) is 11.3 Å². The van der Waals surface area contributed by atoms with Gasteiger partial charge < -0.3 is 15.4 Å². The summed E-state index contributed by atoms with van der Waals surface area (Å²) in [6, 6.07) is 8.80. The van der Waals surface area contributed by atoms with E-state index in [9.17, 15) is 0 Å². The molecule has 0 aliphatic carbocycles. The first-order chi connectivity index (χ1) is 14.3. The fraction of sp³-hybridized carbons (Fsp3) is 0.545. The van der Waals surface area contributed by atoms with E-state index in [4.69, 9.17) is 9.73 Å². The highest BCUT2D eigenvalue weighted by molar-refractivity contribution is 7.11. The minimum absolute atomic E-state index is 0.671. The average molecular weight is 416 g/mol. The number of nitrogens with one attached hydrogen (secondary N) is 2. The van der Waals surface area contributed by atoms with Crippen molar-refractivity contribution in [3.63, 3.8) is 0 Å². The molecule has 0 amide bonds. The fourth-order valence-electron chi connectivity index (χ4n) is 3.19. The number of guanidine groups is 1. The topological polar surface area (TPSA) is 61.8 Å². The zero-order chi connectivity index (χ0) is 20.3. The molecule has 1 aliphatic rings. The van der Waals surface area contributed by atoms with Crippen LogP contribution in [0, 0.1) is 0 Å².